The number of aliphatic hydroxyl groups excluding tert-OH is 3. The minimum Gasteiger partial charge on any atom is -0.498 e. The van der Waals surface area contributed by atoms with Gasteiger partial charge in [0.1, 0.15) is 0 Å². The van der Waals surface area contributed by atoms with Crippen molar-refractivity contribution in [1.82, 2.24) is 0 Å². The third-order valence-corrected chi connectivity index (χ3v) is 6.66. The van der Waals surface area contributed by atoms with Crippen molar-refractivity contribution < 1.29 is 20.1 Å². The number of ether oxygens (including phenoxy) is 1. The summed E-state index contributed by atoms with van der Waals surface area (Å²) in [7, 11) is 0. The van der Waals surface area contributed by atoms with Gasteiger partial charge in [-0.25, -0.2) is 0 Å². The molecular formula is C26H46O4. The van der Waals surface area contributed by atoms with Gasteiger partial charge in [0.05, 0.1) is 24.6 Å². The molecule has 0 spiro atoms. The summed E-state index contributed by atoms with van der Waals surface area (Å²) < 4.78 is 6.10. The number of hydrogen-bond acceptors (Lipinski definition) is 4. The molecule has 0 radical (unpaired) electrons. The standard InChI is InChI=1S/C26H46O4/c1-20(2)19-30-26-18-25(29)22(23(26)14-10-4-3-7-11-17-27)15-16-24(28)21-12-8-5-6-9-13-21/h15-16,20-22,24-25,27-29H,3-14,17-19H2,1-2H3/b16-15+/t22-,24+,25-/m1/s1. The Morgan fingerprint density at radius 2 is 1.67 bits per heavy atom. The molecule has 0 aliphatic heterocycles. The van der Waals surface area contributed by atoms with Crippen molar-refractivity contribution in [2.75, 3.05) is 13.2 Å². The van der Waals surface area contributed by atoms with Crippen molar-refractivity contribution in [3.8, 4) is 0 Å². The predicted octanol–water partition coefficient (Wildman–Crippen LogP) is 5.51. The van der Waals surface area contributed by atoms with Gasteiger partial charge >= 0.3 is 0 Å². The van der Waals surface area contributed by atoms with Crippen molar-refractivity contribution in [2.24, 2.45) is 17.8 Å². The fourth-order valence-corrected chi connectivity index (χ4v) is 4.84. The molecule has 2 aliphatic carbocycles. The van der Waals surface area contributed by atoms with Crippen LogP contribution in [0.4, 0.5) is 0 Å². The summed E-state index contributed by atoms with van der Waals surface area (Å²) in [6.45, 7) is 5.25. The Morgan fingerprint density at radius 1 is 1.00 bits per heavy atom. The molecule has 2 aliphatic rings. The summed E-state index contributed by atoms with van der Waals surface area (Å²) in [5.41, 5.74) is 1.23. The normalized spacial score (nSPS) is 24.7. The summed E-state index contributed by atoms with van der Waals surface area (Å²) in [5, 5.41) is 30.4. The van der Waals surface area contributed by atoms with Crippen LogP contribution in [0.1, 0.15) is 97.3 Å². The van der Waals surface area contributed by atoms with Gasteiger partial charge in [0, 0.05) is 18.9 Å². The van der Waals surface area contributed by atoms with Crippen LogP contribution in [0.5, 0.6) is 0 Å². The first-order valence-electron chi connectivity index (χ1n) is 12.5. The quantitative estimate of drug-likeness (QED) is 0.208. The second kappa shape index (κ2) is 14.3. The fourth-order valence-electron chi connectivity index (χ4n) is 4.84. The number of rotatable bonds is 13. The Labute approximate surface area is 184 Å². The smallest absolute Gasteiger partial charge is 0.0984 e. The zero-order valence-electron chi connectivity index (χ0n) is 19.4. The molecule has 0 unspecified atom stereocenters. The topological polar surface area (TPSA) is 69.9 Å². The SMILES string of the molecule is CC(C)COC1=C(CCCCCCCO)[C@@H](/C=C/[C@H](O)C2CCCCCC2)[C@H](O)C1. The molecule has 3 N–H and O–H groups in total. The van der Waals surface area contributed by atoms with Gasteiger partial charge < -0.3 is 20.1 Å². The van der Waals surface area contributed by atoms with Crippen LogP contribution < -0.4 is 0 Å². The third-order valence-electron chi connectivity index (χ3n) is 6.66. The van der Waals surface area contributed by atoms with E-state index in [0.717, 1.165) is 57.1 Å². The zero-order chi connectivity index (χ0) is 21.8. The Hall–Kier alpha value is -0.840. The summed E-state index contributed by atoms with van der Waals surface area (Å²) >= 11 is 0. The first-order chi connectivity index (χ1) is 14.5. The molecule has 0 aromatic heterocycles. The minimum atomic E-state index is -0.450. The highest BCUT2D eigenvalue weighted by Gasteiger charge is 2.33. The Balaban J connectivity index is 1.99. The lowest BCUT2D eigenvalue weighted by Gasteiger charge is -2.20. The highest BCUT2D eigenvalue weighted by molar-refractivity contribution is 5.27. The van der Waals surface area contributed by atoms with E-state index in [1.165, 1.54) is 31.3 Å². The van der Waals surface area contributed by atoms with E-state index in [2.05, 4.69) is 19.9 Å². The molecule has 0 aromatic rings. The van der Waals surface area contributed by atoms with Crippen LogP contribution in [0.3, 0.4) is 0 Å². The summed E-state index contributed by atoms with van der Waals surface area (Å²) in [6, 6.07) is 0. The van der Waals surface area contributed by atoms with Gasteiger partial charge in [0.15, 0.2) is 0 Å². The van der Waals surface area contributed by atoms with Gasteiger partial charge in [-0.2, -0.15) is 0 Å². The van der Waals surface area contributed by atoms with E-state index in [-0.39, 0.29) is 12.5 Å². The number of unbranched alkanes of at least 4 members (excludes halogenated alkanes) is 4. The van der Waals surface area contributed by atoms with Crippen LogP contribution in [-0.2, 0) is 4.74 Å². The third kappa shape index (κ3) is 8.72. The monoisotopic (exact) mass is 422 g/mol. The van der Waals surface area contributed by atoms with E-state index in [1.54, 1.807) is 0 Å². The molecular weight excluding hydrogens is 376 g/mol. The average molecular weight is 423 g/mol. The molecule has 0 heterocycles. The molecule has 0 bridgehead atoms. The van der Waals surface area contributed by atoms with Crippen LogP contribution in [0.15, 0.2) is 23.5 Å². The Bertz CT molecular complexity index is 517. The fraction of sp³-hybridized carbons (Fsp3) is 0.846. The molecule has 1 fully saturated rings. The Morgan fingerprint density at radius 3 is 2.33 bits per heavy atom. The summed E-state index contributed by atoms with van der Waals surface area (Å²) in [4.78, 5) is 0. The van der Waals surface area contributed by atoms with E-state index in [0.29, 0.717) is 24.9 Å². The molecule has 174 valence electrons. The molecule has 0 aromatic carbocycles. The highest BCUT2D eigenvalue weighted by atomic mass is 16.5. The second-order valence-corrected chi connectivity index (χ2v) is 9.82. The van der Waals surface area contributed by atoms with Crippen LogP contribution in [-0.4, -0.2) is 40.7 Å². The molecule has 0 amide bonds. The zero-order valence-corrected chi connectivity index (χ0v) is 19.4. The maximum absolute atomic E-state index is 10.8. The predicted molar refractivity (Wildman–Crippen MR) is 123 cm³/mol. The highest BCUT2D eigenvalue weighted by Crippen LogP contribution is 2.38. The average Bonchev–Trinajstić information content (AvgIpc) is 2.89. The molecule has 3 atom stereocenters. The van der Waals surface area contributed by atoms with Crippen LogP contribution in [0.25, 0.3) is 0 Å². The molecule has 30 heavy (non-hydrogen) atoms. The van der Waals surface area contributed by atoms with Gasteiger partial charge in [-0.05, 0) is 49.5 Å². The maximum Gasteiger partial charge on any atom is 0.0984 e. The van der Waals surface area contributed by atoms with Crippen molar-refractivity contribution in [1.29, 1.82) is 0 Å². The Kier molecular flexibility index (Phi) is 12.1. The van der Waals surface area contributed by atoms with Crippen molar-refractivity contribution in [2.45, 2.75) is 110 Å². The van der Waals surface area contributed by atoms with Crippen molar-refractivity contribution in [3.05, 3.63) is 23.5 Å². The second-order valence-electron chi connectivity index (χ2n) is 9.82. The number of hydrogen-bond donors (Lipinski definition) is 3. The van der Waals surface area contributed by atoms with Gasteiger partial charge in [-0.1, -0.05) is 70.9 Å². The van der Waals surface area contributed by atoms with E-state index >= 15 is 0 Å². The molecule has 2 rings (SSSR count). The van der Waals surface area contributed by atoms with E-state index < -0.39 is 12.2 Å². The molecule has 0 saturated heterocycles. The lowest BCUT2D eigenvalue weighted by Crippen LogP contribution is -2.19. The van der Waals surface area contributed by atoms with Crippen LogP contribution in [0, 0.1) is 17.8 Å². The van der Waals surface area contributed by atoms with Gasteiger partial charge in [0.25, 0.3) is 0 Å². The number of aliphatic hydroxyl groups is 3. The maximum atomic E-state index is 10.8. The lowest BCUT2D eigenvalue weighted by atomic mass is 9.90. The first kappa shape index (κ1) is 25.4. The van der Waals surface area contributed by atoms with E-state index in [1.807, 2.05) is 6.08 Å². The van der Waals surface area contributed by atoms with Gasteiger partial charge in [-0.15, -0.1) is 0 Å². The van der Waals surface area contributed by atoms with Crippen molar-refractivity contribution >= 4 is 0 Å². The van der Waals surface area contributed by atoms with E-state index in [4.69, 9.17) is 9.84 Å². The summed E-state index contributed by atoms with van der Waals surface area (Å²) in [5.74, 6) is 1.76. The van der Waals surface area contributed by atoms with Crippen LogP contribution >= 0.6 is 0 Å². The largest absolute Gasteiger partial charge is 0.498 e. The molecule has 1 saturated carbocycles. The van der Waals surface area contributed by atoms with E-state index in [9.17, 15) is 10.2 Å². The lowest BCUT2D eigenvalue weighted by molar-refractivity contribution is 0.124. The van der Waals surface area contributed by atoms with Crippen LogP contribution in [0.2, 0.25) is 0 Å². The summed E-state index contributed by atoms with van der Waals surface area (Å²) in [6.07, 6.45) is 17.2. The minimum absolute atomic E-state index is 0.0370. The van der Waals surface area contributed by atoms with Crippen molar-refractivity contribution in [3.63, 3.8) is 0 Å². The molecule has 4 nitrogen and oxygen atoms in total. The molecule has 4 heteroatoms. The first-order valence-corrected chi connectivity index (χ1v) is 12.5. The van der Waals surface area contributed by atoms with Gasteiger partial charge in [0.2, 0.25) is 0 Å². The van der Waals surface area contributed by atoms with Gasteiger partial charge in [-0.3, -0.25) is 0 Å².